The minimum atomic E-state index is 0.588. The number of hydrogen-bond donors (Lipinski definition) is 0. The van der Waals surface area contributed by atoms with Gasteiger partial charge in [-0.25, -0.2) is 24.9 Å². The molecule has 5 nitrogen and oxygen atoms in total. The fourth-order valence-electron chi connectivity index (χ4n) is 4.86. The molecule has 0 N–H and O–H groups in total. The third kappa shape index (κ3) is 8.76. The zero-order chi connectivity index (χ0) is 32.5. The Labute approximate surface area is 268 Å². The van der Waals surface area contributed by atoms with Crippen LogP contribution in [-0.2, 0) is 0 Å². The molecular formula is C40H43N5. The van der Waals surface area contributed by atoms with Crippen molar-refractivity contribution in [2.45, 2.75) is 61.8 Å². The third-order valence-electron chi connectivity index (χ3n) is 7.25. The van der Waals surface area contributed by atoms with E-state index in [9.17, 15) is 0 Å². The van der Waals surface area contributed by atoms with Gasteiger partial charge in [-0.3, -0.25) is 0 Å². The first kappa shape index (κ1) is 32.9. The summed E-state index contributed by atoms with van der Waals surface area (Å²) in [6, 6.07) is 16.8. The Hall–Kier alpha value is -5.03. The molecule has 2 aromatic heterocycles. The van der Waals surface area contributed by atoms with Crippen LogP contribution in [0.5, 0.6) is 0 Å². The number of hydrogen-bond acceptors (Lipinski definition) is 5. The van der Waals surface area contributed by atoms with Crippen LogP contribution in [0.3, 0.4) is 0 Å². The molecule has 0 aliphatic carbocycles. The molecule has 0 aliphatic heterocycles. The highest BCUT2D eigenvalue weighted by Crippen LogP contribution is 2.31. The molecule has 2 aromatic carbocycles. The van der Waals surface area contributed by atoms with Gasteiger partial charge in [0.15, 0.2) is 23.3 Å². The van der Waals surface area contributed by atoms with Gasteiger partial charge < -0.3 is 0 Å². The fraction of sp³-hybridized carbons (Fsp3) is 0.225. The first-order valence-electron chi connectivity index (χ1n) is 15.3. The smallest absolute Gasteiger partial charge is 0.164 e. The van der Waals surface area contributed by atoms with Crippen molar-refractivity contribution in [2.75, 3.05) is 0 Å². The van der Waals surface area contributed by atoms with Gasteiger partial charge in [-0.1, -0.05) is 78.9 Å². The summed E-state index contributed by atoms with van der Waals surface area (Å²) in [5, 5.41) is 0. The minimum absolute atomic E-state index is 0.588. The van der Waals surface area contributed by atoms with Crippen LogP contribution in [0.25, 0.3) is 45.6 Å². The number of allylic oxidation sites excluding steroid dienone is 10. The van der Waals surface area contributed by atoms with Crippen LogP contribution in [0.15, 0.2) is 97.1 Å². The molecule has 4 rings (SSSR count). The molecule has 0 spiro atoms. The Morgan fingerprint density at radius 1 is 0.733 bits per heavy atom. The molecule has 0 aliphatic rings. The van der Waals surface area contributed by atoms with Crippen LogP contribution in [0.4, 0.5) is 0 Å². The second-order valence-corrected chi connectivity index (χ2v) is 11.5. The van der Waals surface area contributed by atoms with Crippen LogP contribution in [-0.4, -0.2) is 24.9 Å². The van der Waals surface area contributed by atoms with Crippen molar-refractivity contribution in [3.63, 3.8) is 0 Å². The summed E-state index contributed by atoms with van der Waals surface area (Å²) in [5.74, 6) is 2.50. The lowest BCUT2D eigenvalue weighted by atomic mass is 9.97. The van der Waals surface area contributed by atoms with Gasteiger partial charge in [0.1, 0.15) is 0 Å². The van der Waals surface area contributed by atoms with Crippen LogP contribution in [0.1, 0.15) is 80.8 Å². The summed E-state index contributed by atoms with van der Waals surface area (Å²) >= 11 is 0. The van der Waals surface area contributed by atoms with Crippen molar-refractivity contribution < 1.29 is 0 Å². The standard InChI is InChI=1S/C40H43N5/c1-10-12-16-28(6)37-43-38(32(15-11-2)20-19-26(3)4)45-40(44-37)36-24-34(29(7)21-33-18-14-13-17-27(33)5)23-35(25-36)39-41-30(8)22-31(9)42-39/h10-18,20-25H,3,19H2,1-2,4-9H3/b12-10-,15-11-,28-16+,29-21+,32-20+. The zero-order valence-corrected chi connectivity index (χ0v) is 27.8. The lowest BCUT2D eigenvalue weighted by Crippen LogP contribution is -2.05. The predicted octanol–water partition coefficient (Wildman–Crippen LogP) is 10.4. The fourth-order valence-corrected chi connectivity index (χ4v) is 4.86. The zero-order valence-electron chi connectivity index (χ0n) is 27.8. The van der Waals surface area contributed by atoms with Crippen molar-refractivity contribution in [1.29, 1.82) is 0 Å². The molecule has 45 heavy (non-hydrogen) atoms. The molecule has 0 saturated heterocycles. The quantitative estimate of drug-likeness (QED) is 0.104. The number of benzene rings is 2. The van der Waals surface area contributed by atoms with Crippen LogP contribution >= 0.6 is 0 Å². The Morgan fingerprint density at radius 2 is 1.38 bits per heavy atom. The SMILES string of the molecule is C=C(C)C/C=C(\C=C/C)c1nc(/C(C)=C/C=C\C)nc(-c2cc(/C(C)=C/c3ccccc3C)cc(-c3nc(C)cc(C)n3)c2)n1. The molecule has 0 unspecified atom stereocenters. The Bertz CT molecular complexity index is 1850. The maximum Gasteiger partial charge on any atom is 0.164 e. The summed E-state index contributed by atoms with van der Waals surface area (Å²) in [6.07, 6.45) is 15.1. The largest absolute Gasteiger partial charge is 0.233 e. The third-order valence-corrected chi connectivity index (χ3v) is 7.25. The van der Waals surface area contributed by atoms with Crippen LogP contribution in [0, 0.1) is 20.8 Å². The minimum Gasteiger partial charge on any atom is -0.233 e. The van der Waals surface area contributed by atoms with E-state index in [1.807, 2.05) is 78.0 Å². The molecule has 0 bridgehead atoms. The molecular weight excluding hydrogens is 550 g/mol. The van der Waals surface area contributed by atoms with Gasteiger partial charge >= 0.3 is 0 Å². The van der Waals surface area contributed by atoms with E-state index in [0.29, 0.717) is 23.3 Å². The van der Waals surface area contributed by atoms with E-state index in [1.54, 1.807) is 0 Å². The lowest BCUT2D eigenvalue weighted by molar-refractivity contribution is 0.996. The highest BCUT2D eigenvalue weighted by molar-refractivity contribution is 5.85. The van der Waals surface area contributed by atoms with Gasteiger partial charge in [0, 0.05) is 28.1 Å². The van der Waals surface area contributed by atoms with E-state index >= 15 is 0 Å². The van der Waals surface area contributed by atoms with Gasteiger partial charge in [0.25, 0.3) is 0 Å². The molecule has 0 radical (unpaired) electrons. The molecule has 228 valence electrons. The molecule has 4 aromatic rings. The molecule has 0 atom stereocenters. The Balaban J connectivity index is 2.01. The summed E-state index contributed by atoms with van der Waals surface area (Å²) in [6.45, 7) is 20.4. The maximum absolute atomic E-state index is 5.05. The second-order valence-electron chi connectivity index (χ2n) is 11.5. The van der Waals surface area contributed by atoms with E-state index in [4.69, 9.17) is 24.9 Å². The first-order chi connectivity index (χ1) is 21.6. The van der Waals surface area contributed by atoms with Crippen molar-refractivity contribution in [2.24, 2.45) is 0 Å². The van der Waals surface area contributed by atoms with E-state index < -0.39 is 0 Å². The van der Waals surface area contributed by atoms with Crippen molar-refractivity contribution in [1.82, 2.24) is 24.9 Å². The molecule has 0 fully saturated rings. The molecule has 0 amide bonds. The monoisotopic (exact) mass is 593 g/mol. The van der Waals surface area contributed by atoms with Gasteiger partial charge in [0.2, 0.25) is 0 Å². The van der Waals surface area contributed by atoms with E-state index in [1.165, 1.54) is 11.1 Å². The van der Waals surface area contributed by atoms with Crippen LogP contribution < -0.4 is 0 Å². The van der Waals surface area contributed by atoms with Crippen molar-refractivity contribution >= 4 is 22.8 Å². The number of rotatable bonds is 10. The van der Waals surface area contributed by atoms with Gasteiger partial charge in [-0.15, -0.1) is 0 Å². The molecule has 2 heterocycles. The highest BCUT2D eigenvalue weighted by atomic mass is 15.0. The molecule has 0 saturated carbocycles. The van der Waals surface area contributed by atoms with E-state index in [-0.39, 0.29) is 0 Å². The summed E-state index contributed by atoms with van der Waals surface area (Å²) < 4.78 is 0. The Kier molecular flexibility index (Phi) is 11.0. The number of aryl methyl sites for hydroxylation is 3. The van der Waals surface area contributed by atoms with Gasteiger partial charge in [-0.2, -0.15) is 0 Å². The van der Waals surface area contributed by atoms with Gasteiger partial charge in [0.05, 0.1) is 0 Å². The van der Waals surface area contributed by atoms with E-state index in [0.717, 1.165) is 56.8 Å². The first-order valence-corrected chi connectivity index (χ1v) is 15.3. The summed E-state index contributed by atoms with van der Waals surface area (Å²) in [5.41, 5.74) is 11.1. The number of nitrogens with zero attached hydrogens (tertiary/aromatic N) is 5. The second kappa shape index (κ2) is 15.1. The topological polar surface area (TPSA) is 64.5 Å². The normalized spacial score (nSPS) is 12.8. The van der Waals surface area contributed by atoms with Crippen LogP contribution in [0.2, 0.25) is 0 Å². The predicted molar refractivity (Wildman–Crippen MR) is 191 cm³/mol. The highest BCUT2D eigenvalue weighted by Gasteiger charge is 2.16. The summed E-state index contributed by atoms with van der Waals surface area (Å²) in [4.78, 5) is 24.6. The van der Waals surface area contributed by atoms with E-state index in [2.05, 4.69) is 75.0 Å². The average molecular weight is 594 g/mol. The molecule has 5 heteroatoms. The average Bonchev–Trinajstić information content (AvgIpc) is 3.02. The van der Waals surface area contributed by atoms with Crippen molar-refractivity contribution in [3.05, 3.63) is 137 Å². The lowest BCUT2D eigenvalue weighted by Gasteiger charge is -2.13. The summed E-state index contributed by atoms with van der Waals surface area (Å²) in [7, 11) is 0. The number of aromatic nitrogens is 5. The van der Waals surface area contributed by atoms with Crippen molar-refractivity contribution in [3.8, 4) is 22.8 Å². The Morgan fingerprint density at radius 3 is 2.00 bits per heavy atom. The van der Waals surface area contributed by atoms with Gasteiger partial charge in [-0.05, 0) is 114 Å². The maximum atomic E-state index is 5.05.